The number of likely N-dealkylation sites (tertiary alicyclic amines) is 1. The number of halogens is 1. The predicted octanol–water partition coefficient (Wildman–Crippen LogP) is 1.30. The van der Waals surface area contributed by atoms with E-state index in [2.05, 4.69) is 0 Å². The van der Waals surface area contributed by atoms with Crippen molar-refractivity contribution in [2.24, 2.45) is 0 Å². The summed E-state index contributed by atoms with van der Waals surface area (Å²) in [5.74, 6) is -0.788. The Morgan fingerprint density at radius 3 is 2.76 bits per heavy atom. The van der Waals surface area contributed by atoms with Gasteiger partial charge >= 0.3 is 5.69 Å². The summed E-state index contributed by atoms with van der Waals surface area (Å²) in [5.41, 5.74) is -0.943. The molecule has 5 nitrogen and oxygen atoms in total. The van der Waals surface area contributed by atoms with E-state index in [4.69, 9.17) is 0 Å². The second kappa shape index (κ2) is 4.05. The molecule has 1 heterocycles. The van der Waals surface area contributed by atoms with Crippen molar-refractivity contribution in [3.05, 3.63) is 39.7 Å². The van der Waals surface area contributed by atoms with Crippen molar-refractivity contribution >= 4 is 5.69 Å². The largest absolute Gasteiger partial charge is 0.388 e. The minimum atomic E-state index is -0.788. The molecular formula is C11H13FN2O3. The molecule has 1 aliphatic rings. The van der Waals surface area contributed by atoms with E-state index in [9.17, 15) is 19.6 Å². The lowest BCUT2D eigenvalue weighted by Gasteiger charge is -2.44. The summed E-state index contributed by atoms with van der Waals surface area (Å²) in [4.78, 5) is 11.7. The van der Waals surface area contributed by atoms with Gasteiger partial charge in [0, 0.05) is 31.3 Å². The Kier molecular flexibility index (Phi) is 2.84. The first-order valence-electron chi connectivity index (χ1n) is 5.25. The fourth-order valence-electron chi connectivity index (χ4n) is 2.10. The van der Waals surface area contributed by atoms with Crippen LogP contribution in [0.25, 0.3) is 0 Å². The lowest BCUT2D eigenvalue weighted by atomic mass is 9.96. The number of nitro benzene ring substituents is 1. The molecule has 0 aromatic heterocycles. The van der Waals surface area contributed by atoms with Gasteiger partial charge in [-0.05, 0) is 6.92 Å². The van der Waals surface area contributed by atoms with Crippen molar-refractivity contribution in [2.45, 2.75) is 19.1 Å². The third-order valence-corrected chi connectivity index (χ3v) is 2.78. The van der Waals surface area contributed by atoms with Crippen LogP contribution in [0.5, 0.6) is 0 Å². The molecule has 0 spiro atoms. The summed E-state index contributed by atoms with van der Waals surface area (Å²) in [6.07, 6.45) is 0. The maximum Gasteiger partial charge on any atom is 0.305 e. The minimum Gasteiger partial charge on any atom is -0.388 e. The van der Waals surface area contributed by atoms with E-state index < -0.39 is 22.0 Å². The van der Waals surface area contributed by atoms with Gasteiger partial charge in [-0.2, -0.15) is 4.39 Å². The van der Waals surface area contributed by atoms with E-state index in [0.717, 1.165) is 6.07 Å². The normalized spacial score (nSPS) is 18.8. The maximum atomic E-state index is 13.7. The van der Waals surface area contributed by atoms with Crippen molar-refractivity contribution in [3.63, 3.8) is 0 Å². The molecule has 92 valence electrons. The highest BCUT2D eigenvalue weighted by Gasteiger charge is 2.36. The van der Waals surface area contributed by atoms with Crippen LogP contribution in [-0.2, 0) is 6.54 Å². The molecule has 1 aliphatic heterocycles. The van der Waals surface area contributed by atoms with Crippen LogP contribution >= 0.6 is 0 Å². The third kappa shape index (κ3) is 2.42. The molecular weight excluding hydrogens is 227 g/mol. The molecule has 2 rings (SSSR count). The molecule has 0 amide bonds. The molecule has 1 saturated heterocycles. The standard InChI is InChI=1S/C11H13FN2O3/c1-11(15)6-13(7-11)5-8-3-2-4-9(10(8)12)14(16)17/h2-4,15H,5-7H2,1H3. The van der Waals surface area contributed by atoms with Crippen molar-refractivity contribution in [2.75, 3.05) is 13.1 Å². The Labute approximate surface area is 97.6 Å². The molecule has 0 radical (unpaired) electrons. The van der Waals surface area contributed by atoms with Crippen LogP contribution in [0.1, 0.15) is 12.5 Å². The quantitative estimate of drug-likeness (QED) is 0.638. The van der Waals surface area contributed by atoms with Crippen LogP contribution in [0.15, 0.2) is 18.2 Å². The molecule has 0 unspecified atom stereocenters. The highest BCUT2D eigenvalue weighted by atomic mass is 19.1. The molecule has 0 aliphatic carbocycles. The van der Waals surface area contributed by atoms with Gasteiger partial charge in [-0.25, -0.2) is 0 Å². The summed E-state index contributed by atoms with van der Waals surface area (Å²) in [6.45, 7) is 2.89. The fraction of sp³-hybridized carbons (Fsp3) is 0.455. The molecule has 1 aromatic rings. The Hall–Kier alpha value is -1.53. The Morgan fingerprint density at radius 1 is 1.59 bits per heavy atom. The number of rotatable bonds is 3. The summed E-state index contributed by atoms with van der Waals surface area (Å²) >= 11 is 0. The van der Waals surface area contributed by atoms with Gasteiger partial charge in [0.1, 0.15) is 0 Å². The fourth-order valence-corrected chi connectivity index (χ4v) is 2.10. The zero-order chi connectivity index (χ0) is 12.6. The molecule has 1 fully saturated rings. The number of aliphatic hydroxyl groups is 1. The highest BCUT2D eigenvalue weighted by Crippen LogP contribution is 2.26. The van der Waals surface area contributed by atoms with Crippen LogP contribution in [0.3, 0.4) is 0 Å². The van der Waals surface area contributed by atoms with Gasteiger partial charge in [-0.15, -0.1) is 0 Å². The number of hydrogen-bond acceptors (Lipinski definition) is 4. The lowest BCUT2D eigenvalue weighted by molar-refractivity contribution is -0.387. The van der Waals surface area contributed by atoms with Gasteiger partial charge in [0.15, 0.2) is 0 Å². The van der Waals surface area contributed by atoms with Crippen LogP contribution < -0.4 is 0 Å². The number of nitro groups is 1. The topological polar surface area (TPSA) is 66.6 Å². The molecule has 1 aromatic carbocycles. The average molecular weight is 240 g/mol. The maximum absolute atomic E-state index is 13.7. The third-order valence-electron chi connectivity index (χ3n) is 2.78. The Balaban J connectivity index is 2.12. The van der Waals surface area contributed by atoms with E-state index in [1.165, 1.54) is 12.1 Å². The second-order valence-electron chi connectivity index (χ2n) is 4.65. The lowest BCUT2D eigenvalue weighted by Crippen LogP contribution is -2.59. The summed E-state index contributed by atoms with van der Waals surface area (Å²) in [6, 6.07) is 4.13. The van der Waals surface area contributed by atoms with Crippen molar-refractivity contribution in [3.8, 4) is 0 Å². The Morgan fingerprint density at radius 2 is 2.24 bits per heavy atom. The van der Waals surface area contributed by atoms with Gasteiger partial charge in [0.2, 0.25) is 5.82 Å². The summed E-state index contributed by atoms with van der Waals surface area (Å²) in [5, 5.41) is 20.1. The highest BCUT2D eigenvalue weighted by molar-refractivity contribution is 5.36. The molecule has 6 heteroatoms. The van der Waals surface area contributed by atoms with Crippen molar-refractivity contribution in [1.82, 2.24) is 4.90 Å². The van der Waals surface area contributed by atoms with Crippen LogP contribution in [0, 0.1) is 15.9 Å². The smallest absolute Gasteiger partial charge is 0.305 e. The summed E-state index contributed by atoms with van der Waals surface area (Å²) < 4.78 is 13.7. The van der Waals surface area contributed by atoms with E-state index >= 15 is 0 Å². The first kappa shape index (κ1) is 11.9. The number of hydrogen-bond donors (Lipinski definition) is 1. The van der Waals surface area contributed by atoms with Crippen LogP contribution in [0.4, 0.5) is 10.1 Å². The van der Waals surface area contributed by atoms with Gasteiger partial charge < -0.3 is 5.11 Å². The van der Waals surface area contributed by atoms with Gasteiger partial charge in [-0.1, -0.05) is 12.1 Å². The second-order valence-corrected chi connectivity index (χ2v) is 4.65. The molecule has 1 N–H and O–H groups in total. The predicted molar refractivity (Wildman–Crippen MR) is 59.0 cm³/mol. The van der Waals surface area contributed by atoms with E-state index in [1.54, 1.807) is 6.92 Å². The van der Waals surface area contributed by atoms with E-state index in [0.29, 0.717) is 13.1 Å². The van der Waals surface area contributed by atoms with E-state index in [1.807, 2.05) is 4.90 Å². The van der Waals surface area contributed by atoms with Gasteiger partial charge in [0.25, 0.3) is 0 Å². The zero-order valence-electron chi connectivity index (χ0n) is 9.39. The number of benzene rings is 1. The molecule has 17 heavy (non-hydrogen) atoms. The summed E-state index contributed by atoms with van der Waals surface area (Å²) in [7, 11) is 0. The van der Waals surface area contributed by atoms with E-state index in [-0.39, 0.29) is 12.1 Å². The van der Waals surface area contributed by atoms with Crippen molar-refractivity contribution < 1.29 is 14.4 Å². The van der Waals surface area contributed by atoms with Crippen LogP contribution in [0.2, 0.25) is 0 Å². The van der Waals surface area contributed by atoms with Crippen LogP contribution in [-0.4, -0.2) is 33.6 Å². The SMILES string of the molecule is CC1(O)CN(Cc2cccc([N+](=O)[O-])c2F)C1. The molecule has 0 bridgehead atoms. The number of β-amino-alcohol motifs (C(OH)–C–C–N with tert-alkyl or cyclic N) is 1. The molecule has 0 atom stereocenters. The van der Waals surface area contributed by atoms with Crippen molar-refractivity contribution in [1.29, 1.82) is 0 Å². The monoisotopic (exact) mass is 240 g/mol. The Bertz CT molecular complexity index is 454. The minimum absolute atomic E-state index is 0.281. The first-order chi connectivity index (χ1) is 7.89. The molecule has 0 saturated carbocycles. The van der Waals surface area contributed by atoms with Gasteiger partial charge in [0.05, 0.1) is 10.5 Å². The first-order valence-corrected chi connectivity index (χ1v) is 5.25. The number of nitrogens with zero attached hydrogens (tertiary/aromatic N) is 2. The average Bonchev–Trinajstić information content (AvgIpc) is 2.17. The van der Waals surface area contributed by atoms with Gasteiger partial charge in [-0.3, -0.25) is 15.0 Å². The zero-order valence-corrected chi connectivity index (χ0v) is 9.39.